The highest BCUT2D eigenvalue weighted by Gasteiger charge is 2.14. The number of hydrogen-bond donors (Lipinski definition) is 2. The van der Waals surface area contributed by atoms with Crippen molar-refractivity contribution in [3.05, 3.63) is 18.2 Å². The Bertz CT molecular complexity index is 439. The number of ether oxygens (including phenoxy) is 3. The lowest BCUT2D eigenvalue weighted by Crippen LogP contribution is -2.28. The standard InChI is InChI=1S/C14H22N2O4.ClH/c1-4-20-13-6-5-10(18-2)7-12(13)16-14(17)8-11(9-15)19-3;/h5-7,11H,4,8-9,15H2,1-3H3,(H,16,17);1H. The highest BCUT2D eigenvalue weighted by Crippen LogP contribution is 2.29. The predicted octanol–water partition coefficient (Wildman–Crippen LogP) is 1.82. The van der Waals surface area contributed by atoms with Gasteiger partial charge in [-0.05, 0) is 19.1 Å². The second kappa shape index (κ2) is 10.3. The van der Waals surface area contributed by atoms with E-state index in [0.29, 0.717) is 30.3 Å². The van der Waals surface area contributed by atoms with Crippen LogP contribution in [0.25, 0.3) is 0 Å². The van der Waals surface area contributed by atoms with E-state index < -0.39 is 0 Å². The molecule has 7 heteroatoms. The lowest BCUT2D eigenvalue weighted by Gasteiger charge is -2.15. The number of methoxy groups -OCH3 is 2. The molecule has 0 heterocycles. The zero-order chi connectivity index (χ0) is 15.0. The van der Waals surface area contributed by atoms with Gasteiger partial charge in [0.2, 0.25) is 5.91 Å². The number of hydrogen-bond acceptors (Lipinski definition) is 5. The molecule has 0 aliphatic heterocycles. The predicted molar refractivity (Wildman–Crippen MR) is 84.5 cm³/mol. The first-order valence-corrected chi connectivity index (χ1v) is 6.48. The van der Waals surface area contributed by atoms with E-state index in [0.717, 1.165) is 0 Å². The first-order chi connectivity index (χ1) is 9.64. The molecule has 0 bridgehead atoms. The number of benzene rings is 1. The monoisotopic (exact) mass is 318 g/mol. The summed E-state index contributed by atoms with van der Waals surface area (Å²) in [6.45, 7) is 2.68. The smallest absolute Gasteiger partial charge is 0.227 e. The molecule has 0 aromatic heterocycles. The summed E-state index contributed by atoms with van der Waals surface area (Å²) in [5.74, 6) is 1.06. The lowest BCUT2D eigenvalue weighted by atomic mass is 10.2. The van der Waals surface area contributed by atoms with Crippen LogP contribution in [0.4, 0.5) is 5.69 Å². The van der Waals surface area contributed by atoms with Crippen molar-refractivity contribution in [2.75, 3.05) is 32.7 Å². The molecule has 0 spiro atoms. The largest absolute Gasteiger partial charge is 0.497 e. The Morgan fingerprint density at radius 3 is 2.62 bits per heavy atom. The summed E-state index contributed by atoms with van der Waals surface area (Å²) in [6, 6.07) is 5.25. The summed E-state index contributed by atoms with van der Waals surface area (Å²) >= 11 is 0. The van der Waals surface area contributed by atoms with E-state index in [1.54, 1.807) is 25.3 Å². The number of nitrogens with one attached hydrogen (secondary N) is 1. The molecule has 1 aromatic rings. The van der Waals surface area contributed by atoms with Crippen molar-refractivity contribution in [3.63, 3.8) is 0 Å². The molecule has 0 saturated carbocycles. The highest BCUT2D eigenvalue weighted by molar-refractivity contribution is 5.92. The van der Waals surface area contributed by atoms with E-state index in [1.807, 2.05) is 6.92 Å². The minimum atomic E-state index is -0.295. The second-order valence-electron chi connectivity index (χ2n) is 4.14. The van der Waals surface area contributed by atoms with Gasteiger partial charge in [0.25, 0.3) is 0 Å². The van der Waals surface area contributed by atoms with Crippen LogP contribution in [0, 0.1) is 0 Å². The second-order valence-corrected chi connectivity index (χ2v) is 4.14. The summed E-state index contributed by atoms with van der Waals surface area (Å²) in [4.78, 5) is 12.0. The van der Waals surface area contributed by atoms with Crippen LogP contribution in [0.2, 0.25) is 0 Å². The number of anilines is 1. The van der Waals surface area contributed by atoms with Gasteiger partial charge >= 0.3 is 0 Å². The Morgan fingerprint density at radius 1 is 1.38 bits per heavy atom. The Balaban J connectivity index is 0.00000400. The van der Waals surface area contributed by atoms with Crippen LogP contribution in [0.3, 0.4) is 0 Å². The molecule has 1 rings (SSSR count). The Kier molecular flexibility index (Phi) is 9.53. The molecule has 1 atom stereocenters. The summed E-state index contributed by atoms with van der Waals surface area (Å²) in [7, 11) is 3.10. The van der Waals surface area contributed by atoms with Crippen molar-refractivity contribution in [3.8, 4) is 11.5 Å². The van der Waals surface area contributed by atoms with Crippen molar-refractivity contribution in [1.29, 1.82) is 0 Å². The summed E-state index contributed by atoms with van der Waals surface area (Å²) in [5, 5.41) is 2.79. The van der Waals surface area contributed by atoms with Crippen LogP contribution in [-0.2, 0) is 9.53 Å². The molecule has 3 N–H and O–H groups in total. The van der Waals surface area contributed by atoms with E-state index in [4.69, 9.17) is 19.9 Å². The van der Waals surface area contributed by atoms with Crippen LogP contribution in [-0.4, -0.2) is 39.4 Å². The molecule has 0 aliphatic rings. The van der Waals surface area contributed by atoms with Crippen LogP contribution in [0.1, 0.15) is 13.3 Å². The maximum Gasteiger partial charge on any atom is 0.227 e. The van der Waals surface area contributed by atoms with Crippen LogP contribution in [0.15, 0.2) is 18.2 Å². The SMILES string of the molecule is CCOc1ccc(OC)cc1NC(=O)CC(CN)OC.Cl. The van der Waals surface area contributed by atoms with E-state index in [9.17, 15) is 4.79 Å². The molecule has 0 aliphatic carbocycles. The number of amides is 1. The van der Waals surface area contributed by atoms with Gasteiger partial charge in [-0.25, -0.2) is 0 Å². The van der Waals surface area contributed by atoms with Crippen molar-refractivity contribution >= 4 is 24.0 Å². The summed E-state index contributed by atoms with van der Waals surface area (Å²) in [5.41, 5.74) is 6.07. The molecule has 0 saturated heterocycles. The summed E-state index contributed by atoms with van der Waals surface area (Å²) in [6.07, 6.45) is -0.105. The van der Waals surface area contributed by atoms with Crippen molar-refractivity contribution < 1.29 is 19.0 Å². The molecule has 1 aromatic carbocycles. The maximum absolute atomic E-state index is 12.0. The number of nitrogens with two attached hydrogens (primary N) is 1. The average molecular weight is 319 g/mol. The zero-order valence-electron chi connectivity index (χ0n) is 12.5. The van der Waals surface area contributed by atoms with Crippen LogP contribution < -0.4 is 20.5 Å². The van der Waals surface area contributed by atoms with Gasteiger partial charge in [0.05, 0.1) is 31.9 Å². The minimum Gasteiger partial charge on any atom is -0.497 e. The minimum absolute atomic E-state index is 0. The zero-order valence-corrected chi connectivity index (χ0v) is 13.4. The van der Waals surface area contributed by atoms with Gasteiger partial charge in [0.1, 0.15) is 11.5 Å². The highest BCUT2D eigenvalue weighted by atomic mass is 35.5. The Labute approximate surface area is 131 Å². The molecule has 0 radical (unpaired) electrons. The number of carbonyl (C=O) groups is 1. The van der Waals surface area contributed by atoms with Crippen LogP contribution >= 0.6 is 12.4 Å². The Morgan fingerprint density at radius 2 is 2.10 bits per heavy atom. The molecule has 0 fully saturated rings. The average Bonchev–Trinajstić information content (AvgIpc) is 2.46. The third-order valence-corrected chi connectivity index (χ3v) is 2.77. The molecule has 21 heavy (non-hydrogen) atoms. The fourth-order valence-electron chi connectivity index (χ4n) is 1.69. The fourth-order valence-corrected chi connectivity index (χ4v) is 1.69. The summed E-state index contributed by atoms with van der Waals surface area (Å²) < 4.78 is 15.7. The van der Waals surface area contributed by atoms with Gasteiger partial charge in [0.15, 0.2) is 0 Å². The van der Waals surface area contributed by atoms with Gasteiger partial charge in [-0.3, -0.25) is 4.79 Å². The van der Waals surface area contributed by atoms with Gasteiger partial charge in [0, 0.05) is 19.7 Å². The molecule has 1 amide bonds. The fraction of sp³-hybridized carbons (Fsp3) is 0.500. The van der Waals surface area contributed by atoms with Crippen molar-refractivity contribution in [2.45, 2.75) is 19.4 Å². The number of halogens is 1. The Hall–Kier alpha value is -1.50. The molecule has 6 nitrogen and oxygen atoms in total. The van der Waals surface area contributed by atoms with E-state index in [2.05, 4.69) is 5.32 Å². The van der Waals surface area contributed by atoms with Gasteiger partial charge in [-0.1, -0.05) is 0 Å². The van der Waals surface area contributed by atoms with Gasteiger partial charge < -0.3 is 25.3 Å². The van der Waals surface area contributed by atoms with Gasteiger partial charge in [-0.2, -0.15) is 0 Å². The van der Waals surface area contributed by atoms with E-state index in [-0.39, 0.29) is 30.8 Å². The quantitative estimate of drug-likeness (QED) is 0.764. The molecular weight excluding hydrogens is 296 g/mol. The van der Waals surface area contributed by atoms with Crippen molar-refractivity contribution in [2.24, 2.45) is 5.73 Å². The van der Waals surface area contributed by atoms with Crippen molar-refractivity contribution in [1.82, 2.24) is 0 Å². The number of rotatable bonds is 8. The van der Waals surface area contributed by atoms with E-state index in [1.165, 1.54) is 7.11 Å². The first kappa shape index (κ1) is 19.5. The van der Waals surface area contributed by atoms with E-state index >= 15 is 0 Å². The molecule has 120 valence electrons. The van der Waals surface area contributed by atoms with Gasteiger partial charge in [-0.15, -0.1) is 12.4 Å². The molecule has 1 unspecified atom stereocenters. The topological polar surface area (TPSA) is 82.8 Å². The first-order valence-electron chi connectivity index (χ1n) is 6.48. The maximum atomic E-state index is 12.0. The lowest BCUT2D eigenvalue weighted by molar-refractivity contribution is -0.118. The molecular formula is C14H23ClN2O4. The number of carbonyl (C=O) groups excluding carboxylic acids is 1. The third-order valence-electron chi connectivity index (χ3n) is 2.77. The normalized spacial score (nSPS) is 11.2. The third kappa shape index (κ3) is 6.20. The van der Waals surface area contributed by atoms with Crippen LogP contribution in [0.5, 0.6) is 11.5 Å².